The number of nitrogens with zero attached hydrogens (tertiary/aromatic N) is 1. The summed E-state index contributed by atoms with van der Waals surface area (Å²) in [6.07, 6.45) is 2.78. The highest BCUT2D eigenvalue weighted by atomic mass is 79.9. The molecule has 1 N–H and O–H groups in total. The summed E-state index contributed by atoms with van der Waals surface area (Å²) in [4.78, 5) is 37.0. The Kier molecular flexibility index (Phi) is 5.23. The highest BCUT2D eigenvalue weighted by molar-refractivity contribution is 9.10. The van der Waals surface area contributed by atoms with Crippen LogP contribution in [0.2, 0.25) is 0 Å². The van der Waals surface area contributed by atoms with Crippen LogP contribution in [0.15, 0.2) is 44.3 Å². The number of hydrogen-bond donors (Lipinski definition) is 1. The van der Waals surface area contributed by atoms with Crippen molar-refractivity contribution in [3.05, 3.63) is 57.3 Å². The highest BCUT2D eigenvalue weighted by Gasteiger charge is 2.36. The number of halogens is 3. The Morgan fingerprint density at radius 3 is 2.62 bits per heavy atom. The first-order valence-corrected chi connectivity index (χ1v) is 8.69. The van der Waals surface area contributed by atoms with Crippen molar-refractivity contribution >= 4 is 56.5 Å². The van der Waals surface area contributed by atoms with E-state index in [2.05, 4.69) is 15.9 Å². The van der Waals surface area contributed by atoms with Crippen molar-refractivity contribution < 1.29 is 27.6 Å². The average Bonchev–Trinajstić information content (AvgIpc) is 3.15. The molecule has 1 aliphatic rings. The summed E-state index contributed by atoms with van der Waals surface area (Å²) in [6.45, 7) is -0.672. The van der Waals surface area contributed by atoms with E-state index in [-0.39, 0.29) is 9.38 Å². The molecular weight excluding hydrogens is 434 g/mol. The van der Waals surface area contributed by atoms with Crippen LogP contribution in [-0.2, 0) is 9.59 Å². The Bertz CT molecular complexity index is 907. The van der Waals surface area contributed by atoms with E-state index in [0.717, 1.165) is 12.1 Å². The maximum atomic E-state index is 13.8. The van der Waals surface area contributed by atoms with Crippen LogP contribution >= 0.6 is 27.7 Å². The molecule has 6 nitrogen and oxygen atoms in total. The number of anilines is 1. The number of nitrogens with one attached hydrogen (secondary N) is 1. The minimum Gasteiger partial charge on any atom is -0.465 e. The minimum atomic E-state index is -0.989. The zero-order valence-corrected chi connectivity index (χ0v) is 15.2. The summed E-state index contributed by atoms with van der Waals surface area (Å²) in [5.41, 5.74) is -0.656. The zero-order valence-electron chi connectivity index (χ0n) is 12.8. The predicted octanol–water partition coefficient (Wildman–Crippen LogP) is 4.00. The first kappa shape index (κ1) is 18.3. The van der Waals surface area contributed by atoms with Gasteiger partial charge in [-0.3, -0.25) is 19.3 Å². The number of amides is 3. The lowest BCUT2D eigenvalue weighted by molar-refractivity contribution is -0.127. The highest BCUT2D eigenvalue weighted by Crippen LogP contribution is 2.32. The van der Waals surface area contributed by atoms with Crippen LogP contribution in [0.25, 0.3) is 6.08 Å². The third-order valence-electron chi connectivity index (χ3n) is 3.26. The van der Waals surface area contributed by atoms with E-state index < -0.39 is 40.9 Å². The summed E-state index contributed by atoms with van der Waals surface area (Å²) < 4.78 is 32.8. The first-order chi connectivity index (χ1) is 12.3. The van der Waals surface area contributed by atoms with E-state index in [9.17, 15) is 23.2 Å². The van der Waals surface area contributed by atoms with Gasteiger partial charge in [-0.05, 0) is 36.0 Å². The van der Waals surface area contributed by atoms with E-state index >= 15 is 0 Å². The summed E-state index contributed by atoms with van der Waals surface area (Å²) in [5, 5.41) is 1.36. The number of benzene rings is 1. The second-order valence-electron chi connectivity index (χ2n) is 5.08. The van der Waals surface area contributed by atoms with Crippen molar-refractivity contribution in [1.82, 2.24) is 4.90 Å². The zero-order chi connectivity index (χ0) is 18.8. The summed E-state index contributed by atoms with van der Waals surface area (Å²) in [6, 6.07) is 5.17. The van der Waals surface area contributed by atoms with E-state index in [0.29, 0.717) is 22.4 Å². The normalized spacial score (nSPS) is 15.8. The maximum absolute atomic E-state index is 13.8. The van der Waals surface area contributed by atoms with Crippen LogP contribution in [0.5, 0.6) is 0 Å². The molecule has 1 aromatic heterocycles. The molecule has 0 unspecified atom stereocenters. The Morgan fingerprint density at radius 2 is 2.00 bits per heavy atom. The third kappa shape index (κ3) is 3.86. The number of carbonyl (C=O) groups excluding carboxylic acids is 3. The van der Waals surface area contributed by atoms with Crippen molar-refractivity contribution in [3.8, 4) is 0 Å². The molecule has 0 spiro atoms. The lowest BCUT2D eigenvalue weighted by atomic mass is 10.3. The van der Waals surface area contributed by atoms with Gasteiger partial charge < -0.3 is 9.73 Å². The van der Waals surface area contributed by atoms with Gasteiger partial charge in [-0.25, -0.2) is 8.78 Å². The maximum Gasteiger partial charge on any atom is 0.294 e. The van der Waals surface area contributed by atoms with Gasteiger partial charge in [-0.1, -0.05) is 15.9 Å². The molecule has 1 aliphatic heterocycles. The monoisotopic (exact) mass is 442 g/mol. The van der Waals surface area contributed by atoms with Crippen molar-refractivity contribution in [2.45, 2.75) is 0 Å². The third-order valence-corrected chi connectivity index (χ3v) is 4.63. The molecule has 3 rings (SSSR count). The topological polar surface area (TPSA) is 79.6 Å². The Hall–Kier alpha value is -2.46. The molecule has 0 radical (unpaired) electrons. The minimum absolute atomic E-state index is 0.0822. The van der Waals surface area contributed by atoms with Gasteiger partial charge in [0.2, 0.25) is 5.91 Å². The molecule has 2 heterocycles. The molecule has 0 bridgehead atoms. The van der Waals surface area contributed by atoms with Crippen LogP contribution in [0.3, 0.4) is 0 Å². The van der Waals surface area contributed by atoms with Crippen LogP contribution in [-0.4, -0.2) is 28.5 Å². The lowest BCUT2D eigenvalue weighted by Crippen LogP contribution is -2.36. The molecule has 0 atom stereocenters. The quantitative estimate of drug-likeness (QED) is 0.723. The van der Waals surface area contributed by atoms with E-state index in [1.807, 2.05) is 5.32 Å². The van der Waals surface area contributed by atoms with Gasteiger partial charge in [0, 0.05) is 10.5 Å². The molecule has 0 saturated carbocycles. The lowest BCUT2D eigenvalue weighted by Gasteiger charge is -2.13. The van der Waals surface area contributed by atoms with Gasteiger partial charge in [-0.15, -0.1) is 0 Å². The van der Waals surface area contributed by atoms with Crippen LogP contribution in [0.1, 0.15) is 5.76 Å². The van der Waals surface area contributed by atoms with Crippen molar-refractivity contribution in [2.24, 2.45) is 0 Å². The molecule has 1 aromatic carbocycles. The van der Waals surface area contributed by atoms with Gasteiger partial charge >= 0.3 is 0 Å². The van der Waals surface area contributed by atoms with Gasteiger partial charge in [-0.2, -0.15) is 0 Å². The van der Waals surface area contributed by atoms with Gasteiger partial charge in [0.05, 0.1) is 11.2 Å². The number of carbonyl (C=O) groups is 3. The molecule has 3 amide bonds. The number of hydrogen-bond acceptors (Lipinski definition) is 5. The molecular formula is C16H9BrF2N2O4S. The number of rotatable bonds is 4. The van der Waals surface area contributed by atoms with Crippen LogP contribution in [0.4, 0.5) is 19.3 Å². The van der Waals surface area contributed by atoms with Gasteiger partial charge in [0.25, 0.3) is 11.1 Å². The summed E-state index contributed by atoms with van der Waals surface area (Å²) in [7, 11) is 0. The Labute approximate surface area is 158 Å². The molecule has 10 heteroatoms. The fourth-order valence-corrected chi connectivity index (χ4v) is 3.34. The van der Waals surface area contributed by atoms with Crippen molar-refractivity contribution in [3.63, 3.8) is 0 Å². The van der Waals surface area contributed by atoms with Crippen molar-refractivity contribution in [1.29, 1.82) is 0 Å². The number of imide groups is 1. The molecule has 2 aromatic rings. The second-order valence-corrected chi connectivity index (χ2v) is 6.98. The fraction of sp³-hybridized carbons (Fsp3) is 0.0625. The van der Waals surface area contributed by atoms with Gasteiger partial charge in [0.1, 0.15) is 18.0 Å². The Morgan fingerprint density at radius 1 is 1.31 bits per heavy atom. The van der Waals surface area contributed by atoms with E-state index in [1.165, 1.54) is 12.3 Å². The SMILES string of the molecule is O=C(CN1C(=O)S/C(=C/c2ccco2)C1=O)Nc1c(F)cc(Br)cc1F. The predicted molar refractivity (Wildman–Crippen MR) is 94.1 cm³/mol. The van der Waals surface area contributed by atoms with Crippen LogP contribution in [0, 0.1) is 11.6 Å². The number of furan rings is 1. The van der Waals surface area contributed by atoms with Crippen molar-refractivity contribution in [2.75, 3.05) is 11.9 Å². The van der Waals surface area contributed by atoms with Crippen LogP contribution < -0.4 is 5.32 Å². The smallest absolute Gasteiger partial charge is 0.294 e. The Balaban J connectivity index is 1.72. The standard InChI is InChI=1S/C16H9BrF2N2O4S/c17-8-4-10(18)14(11(19)5-8)20-13(22)7-21-15(23)12(26-16(21)24)6-9-2-1-3-25-9/h1-6H,7H2,(H,20,22)/b12-6+. The summed E-state index contributed by atoms with van der Waals surface area (Å²) >= 11 is 3.56. The average molecular weight is 443 g/mol. The largest absolute Gasteiger partial charge is 0.465 e. The summed E-state index contributed by atoms with van der Waals surface area (Å²) in [5.74, 6) is -3.21. The molecule has 1 saturated heterocycles. The fourth-order valence-electron chi connectivity index (χ4n) is 2.12. The van der Waals surface area contributed by atoms with Gasteiger partial charge in [0.15, 0.2) is 11.6 Å². The molecule has 26 heavy (non-hydrogen) atoms. The van der Waals surface area contributed by atoms with E-state index in [4.69, 9.17) is 4.42 Å². The molecule has 0 aliphatic carbocycles. The molecule has 134 valence electrons. The first-order valence-electron chi connectivity index (χ1n) is 7.08. The second kappa shape index (κ2) is 7.42. The van der Waals surface area contributed by atoms with E-state index in [1.54, 1.807) is 12.1 Å². The molecule has 1 fully saturated rings. The number of thioether (sulfide) groups is 1.